The molecule has 3 amide bonds. The van der Waals surface area contributed by atoms with E-state index in [9.17, 15) is 9.59 Å². The number of amides is 3. The van der Waals surface area contributed by atoms with Crippen molar-refractivity contribution < 1.29 is 14.3 Å². The number of urea groups is 1. The van der Waals surface area contributed by atoms with Gasteiger partial charge in [0, 0.05) is 25.7 Å². The second-order valence-electron chi connectivity index (χ2n) is 5.51. The summed E-state index contributed by atoms with van der Waals surface area (Å²) in [6, 6.07) is 7.70. The number of nitrogens with one attached hydrogen (secondary N) is 2. The van der Waals surface area contributed by atoms with Crippen molar-refractivity contribution in [2.24, 2.45) is 0 Å². The molecule has 1 aromatic rings. The van der Waals surface area contributed by atoms with Gasteiger partial charge in [-0.25, -0.2) is 9.59 Å². The molecular weight excluding hydrogens is 282 g/mol. The number of nitrogens with zero attached hydrogens (tertiary/aromatic N) is 1. The molecule has 6 heteroatoms. The molecular formula is C16H23N3O3. The van der Waals surface area contributed by atoms with Crippen LogP contribution in [0.15, 0.2) is 24.3 Å². The molecule has 6 nitrogen and oxygen atoms in total. The number of methoxy groups -OCH3 is 1. The van der Waals surface area contributed by atoms with Gasteiger partial charge in [-0.15, -0.1) is 0 Å². The van der Waals surface area contributed by atoms with E-state index >= 15 is 0 Å². The van der Waals surface area contributed by atoms with Crippen LogP contribution in [0, 0.1) is 6.92 Å². The minimum atomic E-state index is -0.341. The van der Waals surface area contributed by atoms with E-state index in [2.05, 4.69) is 10.6 Å². The Morgan fingerprint density at radius 3 is 2.86 bits per heavy atom. The van der Waals surface area contributed by atoms with Crippen LogP contribution >= 0.6 is 0 Å². The topological polar surface area (TPSA) is 70.7 Å². The maximum absolute atomic E-state index is 12.0. The van der Waals surface area contributed by atoms with Gasteiger partial charge >= 0.3 is 12.1 Å². The van der Waals surface area contributed by atoms with Crippen LogP contribution in [0.3, 0.4) is 0 Å². The molecule has 22 heavy (non-hydrogen) atoms. The molecule has 120 valence electrons. The molecule has 2 rings (SSSR count). The number of likely N-dealkylation sites (tertiary alicyclic amines) is 1. The number of aryl methyl sites for hydroxylation is 1. The first-order valence-electron chi connectivity index (χ1n) is 7.52. The SMILES string of the molecule is COC(=O)N1CCC[C@H](NC(=O)NCc2ccccc2C)C1. The monoisotopic (exact) mass is 305 g/mol. The first-order chi connectivity index (χ1) is 10.6. The van der Waals surface area contributed by atoms with Crippen molar-refractivity contribution in [3.8, 4) is 0 Å². The van der Waals surface area contributed by atoms with Gasteiger partial charge in [-0.2, -0.15) is 0 Å². The summed E-state index contributed by atoms with van der Waals surface area (Å²) in [5.41, 5.74) is 2.25. The Morgan fingerprint density at radius 1 is 1.36 bits per heavy atom. The van der Waals surface area contributed by atoms with Crippen LogP contribution in [0.25, 0.3) is 0 Å². The third-order valence-electron chi connectivity index (χ3n) is 3.89. The van der Waals surface area contributed by atoms with E-state index < -0.39 is 0 Å². The maximum Gasteiger partial charge on any atom is 0.409 e. The highest BCUT2D eigenvalue weighted by atomic mass is 16.5. The third-order valence-corrected chi connectivity index (χ3v) is 3.89. The predicted octanol–water partition coefficient (Wildman–Crippen LogP) is 2.03. The third kappa shape index (κ3) is 4.38. The molecule has 0 saturated carbocycles. The number of ether oxygens (including phenoxy) is 1. The molecule has 1 aliphatic heterocycles. The summed E-state index contributed by atoms with van der Waals surface area (Å²) in [6.45, 7) is 3.68. The lowest BCUT2D eigenvalue weighted by Gasteiger charge is -2.32. The van der Waals surface area contributed by atoms with Crippen molar-refractivity contribution in [2.75, 3.05) is 20.2 Å². The largest absolute Gasteiger partial charge is 0.453 e. The fraction of sp³-hybridized carbons (Fsp3) is 0.500. The Balaban J connectivity index is 1.79. The van der Waals surface area contributed by atoms with Crippen molar-refractivity contribution in [1.82, 2.24) is 15.5 Å². The summed E-state index contributed by atoms with van der Waals surface area (Å²) in [5.74, 6) is 0. The number of benzene rings is 1. The maximum atomic E-state index is 12.0. The van der Waals surface area contributed by atoms with E-state index in [1.54, 1.807) is 4.90 Å². The van der Waals surface area contributed by atoms with Gasteiger partial charge in [-0.05, 0) is 30.9 Å². The molecule has 1 aliphatic rings. The van der Waals surface area contributed by atoms with Crippen LogP contribution < -0.4 is 10.6 Å². The summed E-state index contributed by atoms with van der Waals surface area (Å²) in [5, 5.41) is 5.78. The minimum Gasteiger partial charge on any atom is -0.453 e. The van der Waals surface area contributed by atoms with Gasteiger partial charge in [0.05, 0.1) is 7.11 Å². The summed E-state index contributed by atoms with van der Waals surface area (Å²) in [6.07, 6.45) is 1.38. The van der Waals surface area contributed by atoms with Crippen molar-refractivity contribution in [1.29, 1.82) is 0 Å². The zero-order valence-corrected chi connectivity index (χ0v) is 13.1. The molecule has 0 radical (unpaired) electrons. The standard InChI is InChI=1S/C16H23N3O3/c1-12-6-3-4-7-13(12)10-17-15(20)18-14-8-5-9-19(11-14)16(21)22-2/h3-4,6-7,14H,5,8-11H2,1-2H3,(H2,17,18,20)/t14-/m0/s1. The van der Waals surface area contributed by atoms with Crippen molar-refractivity contribution in [3.05, 3.63) is 35.4 Å². The molecule has 1 fully saturated rings. The molecule has 1 saturated heterocycles. The van der Waals surface area contributed by atoms with Gasteiger partial charge < -0.3 is 20.3 Å². The molecule has 1 heterocycles. The fourth-order valence-electron chi connectivity index (χ4n) is 2.61. The predicted molar refractivity (Wildman–Crippen MR) is 83.6 cm³/mol. The molecule has 1 atom stereocenters. The molecule has 0 aromatic heterocycles. The fourth-order valence-corrected chi connectivity index (χ4v) is 2.61. The van der Waals surface area contributed by atoms with Crippen molar-refractivity contribution in [3.63, 3.8) is 0 Å². The molecule has 0 aliphatic carbocycles. The van der Waals surface area contributed by atoms with Gasteiger partial charge in [-0.3, -0.25) is 0 Å². The second kappa shape index (κ2) is 7.68. The van der Waals surface area contributed by atoms with E-state index in [1.807, 2.05) is 31.2 Å². The lowest BCUT2D eigenvalue weighted by atomic mass is 10.1. The number of carbonyl (C=O) groups excluding carboxylic acids is 2. The average molecular weight is 305 g/mol. The zero-order valence-electron chi connectivity index (χ0n) is 13.1. The van der Waals surface area contributed by atoms with Crippen LogP contribution in [-0.4, -0.2) is 43.3 Å². The van der Waals surface area contributed by atoms with Crippen LogP contribution in [0.5, 0.6) is 0 Å². The number of hydrogen-bond acceptors (Lipinski definition) is 3. The van der Waals surface area contributed by atoms with Crippen LogP contribution in [-0.2, 0) is 11.3 Å². The first-order valence-corrected chi connectivity index (χ1v) is 7.52. The number of rotatable bonds is 3. The first kappa shape index (κ1) is 16.1. The number of hydrogen-bond donors (Lipinski definition) is 2. The van der Waals surface area contributed by atoms with Gasteiger partial charge in [0.25, 0.3) is 0 Å². The quantitative estimate of drug-likeness (QED) is 0.897. The summed E-state index contributed by atoms with van der Waals surface area (Å²) in [7, 11) is 1.37. The van der Waals surface area contributed by atoms with Crippen molar-refractivity contribution in [2.45, 2.75) is 32.4 Å². The van der Waals surface area contributed by atoms with Gasteiger partial charge in [-0.1, -0.05) is 24.3 Å². The molecule has 0 spiro atoms. The van der Waals surface area contributed by atoms with Gasteiger partial charge in [0.2, 0.25) is 0 Å². The summed E-state index contributed by atoms with van der Waals surface area (Å²) < 4.78 is 4.72. The van der Waals surface area contributed by atoms with Crippen molar-refractivity contribution >= 4 is 12.1 Å². The second-order valence-corrected chi connectivity index (χ2v) is 5.51. The molecule has 0 bridgehead atoms. The minimum absolute atomic E-state index is 0.0373. The van der Waals surface area contributed by atoms with E-state index in [4.69, 9.17) is 4.74 Å². The van der Waals surface area contributed by atoms with E-state index in [-0.39, 0.29) is 18.2 Å². The Kier molecular flexibility index (Phi) is 5.63. The average Bonchev–Trinajstić information content (AvgIpc) is 2.53. The molecule has 1 aromatic carbocycles. The normalized spacial score (nSPS) is 17.7. The number of piperidine rings is 1. The highest BCUT2D eigenvalue weighted by molar-refractivity contribution is 5.74. The van der Waals surface area contributed by atoms with E-state index in [0.29, 0.717) is 19.6 Å². The van der Waals surface area contributed by atoms with Gasteiger partial charge in [0.15, 0.2) is 0 Å². The zero-order chi connectivity index (χ0) is 15.9. The number of carbonyl (C=O) groups is 2. The van der Waals surface area contributed by atoms with Crippen LogP contribution in [0.1, 0.15) is 24.0 Å². The lowest BCUT2D eigenvalue weighted by molar-refractivity contribution is 0.108. The molecule has 2 N–H and O–H groups in total. The summed E-state index contributed by atoms with van der Waals surface area (Å²) in [4.78, 5) is 25.1. The van der Waals surface area contributed by atoms with E-state index in [0.717, 1.165) is 24.0 Å². The highest BCUT2D eigenvalue weighted by Crippen LogP contribution is 2.11. The van der Waals surface area contributed by atoms with E-state index in [1.165, 1.54) is 7.11 Å². The Labute approximate surface area is 130 Å². The lowest BCUT2D eigenvalue weighted by Crippen LogP contribution is -2.51. The Hall–Kier alpha value is -2.24. The van der Waals surface area contributed by atoms with Crippen LogP contribution in [0.4, 0.5) is 9.59 Å². The van der Waals surface area contributed by atoms with Gasteiger partial charge in [0.1, 0.15) is 0 Å². The highest BCUT2D eigenvalue weighted by Gasteiger charge is 2.25. The Bertz CT molecular complexity index is 533. The Morgan fingerprint density at radius 2 is 2.14 bits per heavy atom. The smallest absolute Gasteiger partial charge is 0.409 e. The van der Waals surface area contributed by atoms with Crippen LogP contribution in [0.2, 0.25) is 0 Å². The molecule has 0 unspecified atom stereocenters. The summed E-state index contributed by atoms with van der Waals surface area (Å²) >= 11 is 0.